The molecule has 0 saturated heterocycles. The number of methoxy groups -OCH3 is 1. The van der Waals surface area contributed by atoms with Crippen molar-refractivity contribution in [2.45, 2.75) is 19.9 Å². The Bertz CT molecular complexity index is 317. The minimum atomic E-state index is 0.0658. The normalized spacial score (nSPS) is 10.3. The van der Waals surface area contributed by atoms with E-state index in [1.54, 1.807) is 17.7 Å². The van der Waals surface area contributed by atoms with Crippen LogP contribution in [0.4, 0.5) is 0 Å². The summed E-state index contributed by atoms with van der Waals surface area (Å²) in [6.07, 6.45) is 2.70. The van der Waals surface area contributed by atoms with E-state index in [-0.39, 0.29) is 5.56 Å². The lowest BCUT2D eigenvalue weighted by Crippen LogP contribution is -2.19. The van der Waals surface area contributed by atoms with Crippen LogP contribution in [0.3, 0.4) is 0 Å². The lowest BCUT2D eigenvalue weighted by Gasteiger charge is -2.04. The molecule has 0 saturated carbocycles. The summed E-state index contributed by atoms with van der Waals surface area (Å²) in [5, 5.41) is 0. The van der Waals surface area contributed by atoms with E-state index >= 15 is 0 Å². The van der Waals surface area contributed by atoms with E-state index in [1.807, 2.05) is 19.2 Å². The maximum atomic E-state index is 11.4. The molecule has 0 aliphatic rings. The molecule has 0 aliphatic heterocycles. The summed E-state index contributed by atoms with van der Waals surface area (Å²) >= 11 is 0. The second-order valence-corrected chi connectivity index (χ2v) is 3.08. The molecule has 3 heteroatoms. The summed E-state index contributed by atoms with van der Waals surface area (Å²) in [6.45, 7) is 3.34. The van der Waals surface area contributed by atoms with Gasteiger partial charge in [-0.25, -0.2) is 0 Å². The number of ether oxygens (including phenoxy) is 1. The minimum Gasteiger partial charge on any atom is -0.385 e. The Balaban J connectivity index is 2.62. The van der Waals surface area contributed by atoms with Gasteiger partial charge in [-0.1, -0.05) is 0 Å². The summed E-state index contributed by atoms with van der Waals surface area (Å²) in [4.78, 5) is 11.4. The zero-order valence-corrected chi connectivity index (χ0v) is 8.12. The monoisotopic (exact) mass is 181 g/mol. The van der Waals surface area contributed by atoms with Gasteiger partial charge in [-0.05, 0) is 25.0 Å². The number of hydrogen-bond acceptors (Lipinski definition) is 2. The van der Waals surface area contributed by atoms with Gasteiger partial charge in [-0.3, -0.25) is 4.79 Å². The maximum Gasteiger partial charge on any atom is 0.250 e. The fraction of sp³-hybridized carbons (Fsp3) is 0.500. The highest BCUT2D eigenvalue weighted by molar-refractivity contribution is 5.07. The van der Waals surface area contributed by atoms with Crippen molar-refractivity contribution in [1.29, 1.82) is 0 Å². The van der Waals surface area contributed by atoms with E-state index < -0.39 is 0 Å². The molecule has 0 atom stereocenters. The van der Waals surface area contributed by atoms with Crippen LogP contribution in [0.5, 0.6) is 0 Å². The smallest absolute Gasteiger partial charge is 0.250 e. The number of nitrogens with zero attached hydrogens (tertiary/aromatic N) is 1. The Labute approximate surface area is 78.0 Å². The molecule has 0 N–H and O–H groups in total. The molecular weight excluding hydrogens is 166 g/mol. The van der Waals surface area contributed by atoms with Crippen LogP contribution in [0.2, 0.25) is 0 Å². The van der Waals surface area contributed by atoms with Gasteiger partial charge >= 0.3 is 0 Å². The summed E-state index contributed by atoms with van der Waals surface area (Å²) in [7, 11) is 1.66. The van der Waals surface area contributed by atoms with Crippen LogP contribution >= 0.6 is 0 Å². The predicted octanol–water partition coefficient (Wildman–Crippen LogP) is 1.19. The average Bonchev–Trinajstić information content (AvgIpc) is 2.09. The highest BCUT2D eigenvalue weighted by atomic mass is 16.5. The van der Waals surface area contributed by atoms with Crippen LogP contribution in [-0.2, 0) is 11.3 Å². The fourth-order valence-electron chi connectivity index (χ4n) is 1.17. The molecule has 72 valence electrons. The molecule has 1 aromatic rings. The Morgan fingerprint density at radius 1 is 1.54 bits per heavy atom. The summed E-state index contributed by atoms with van der Waals surface area (Å²) in [6, 6.07) is 3.58. The van der Waals surface area contributed by atoms with E-state index in [2.05, 4.69) is 0 Å². The second-order valence-electron chi connectivity index (χ2n) is 3.08. The second kappa shape index (κ2) is 4.82. The van der Waals surface area contributed by atoms with Crippen LogP contribution in [0, 0.1) is 6.92 Å². The number of hydrogen-bond donors (Lipinski definition) is 0. The van der Waals surface area contributed by atoms with Crippen molar-refractivity contribution in [3.05, 3.63) is 34.2 Å². The minimum absolute atomic E-state index is 0.0658. The average molecular weight is 181 g/mol. The first-order valence-corrected chi connectivity index (χ1v) is 4.40. The molecule has 13 heavy (non-hydrogen) atoms. The van der Waals surface area contributed by atoms with E-state index in [4.69, 9.17) is 4.74 Å². The van der Waals surface area contributed by atoms with Gasteiger partial charge in [-0.2, -0.15) is 0 Å². The number of pyridine rings is 1. The van der Waals surface area contributed by atoms with Crippen LogP contribution in [0.1, 0.15) is 12.0 Å². The summed E-state index contributed by atoms with van der Waals surface area (Å²) in [5.74, 6) is 0. The molecule has 0 spiro atoms. The van der Waals surface area contributed by atoms with Crippen molar-refractivity contribution in [3.63, 3.8) is 0 Å². The standard InChI is InChI=1S/C10H15NO2/c1-9-4-6-11(10(12)8-9)5-3-7-13-2/h4,6,8H,3,5,7H2,1-2H3. The van der Waals surface area contributed by atoms with Gasteiger partial charge in [0.15, 0.2) is 0 Å². The van der Waals surface area contributed by atoms with Crippen LogP contribution in [0.25, 0.3) is 0 Å². The number of aryl methyl sites for hydroxylation is 2. The molecule has 3 nitrogen and oxygen atoms in total. The van der Waals surface area contributed by atoms with Crippen molar-refractivity contribution in [2.24, 2.45) is 0 Å². The molecule has 0 unspecified atom stereocenters. The third-order valence-electron chi connectivity index (χ3n) is 1.90. The molecule has 0 radical (unpaired) electrons. The zero-order chi connectivity index (χ0) is 9.68. The largest absolute Gasteiger partial charge is 0.385 e. The lowest BCUT2D eigenvalue weighted by molar-refractivity contribution is 0.190. The quantitative estimate of drug-likeness (QED) is 0.653. The van der Waals surface area contributed by atoms with Crippen LogP contribution in [0.15, 0.2) is 23.1 Å². The van der Waals surface area contributed by atoms with Gasteiger partial charge in [0.2, 0.25) is 0 Å². The van der Waals surface area contributed by atoms with Crippen molar-refractivity contribution in [2.75, 3.05) is 13.7 Å². The van der Waals surface area contributed by atoms with Gasteiger partial charge in [0.1, 0.15) is 0 Å². The molecule has 0 amide bonds. The first-order chi connectivity index (χ1) is 6.24. The van der Waals surface area contributed by atoms with Crippen molar-refractivity contribution < 1.29 is 4.74 Å². The molecule has 1 rings (SSSR count). The van der Waals surface area contributed by atoms with Crippen molar-refractivity contribution in [1.82, 2.24) is 4.57 Å². The van der Waals surface area contributed by atoms with E-state index in [0.29, 0.717) is 6.61 Å². The first kappa shape index (κ1) is 9.99. The van der Waals surface area contributed by atoms with Gasteiger partial charge in [-0.15, -0.1) is 0 Å². The Morgan fingerprint density at radius 3 is 2.92 bits per heavy atom. The predicted molar refractivity (Wildman–Crippen MR) is 51.9 cm³/mol. The SMILES string of the molecule is COCCCn1ccc(C)cc1=O. The Hall–Kier alpha value is -1.09. The van der Waals surface area contributed by atoms with Gasteiger partial charge < -0.3 is 9.30 Å². The third kappa shape index (κ3) is 3.03. The Morgan fingerprint density at radius 2 is 2.31 bits per heavy atom. The molecule has 1 aromatic heterocycles. The van der Waals surface area contributed by atoms with Crippen molar-refractivity contribution in [3.8, 4) is 0 Å². The topological polar surface area (TPSA) is 31.2 Å². The molecule has 0 aliphatic carbocycles. The summed E-state index contributed by atoms with van der Waals surface area (Å²) in [5.41, 5.74) is 1.07. The van der Waals surface area contributed by atoms with E-state index in [0.717, 1.165) is 18.5 Å². The highest BCUT2D eigenvalue weighted by Crippen LogP contribution is 1.92. The van der Waals surface area contributed by atoms with Gasteiger partial charge in [0.05, 0.1) is 0 Å². The zero-order valence-electron chi connectivity index (χ0n) is 8.12. The first-order valence-electron chi connectivity index (χ1n) is 4.40. The molecule has 0 bridgehead atoms. The Kier molecular flexibility index (Phi) is 3.71. The number of rotatable bonds is 4. The lowest BCUT2D eigenvalue weighted by atomic mass is 10.3. The number of aromatic nitrogens is 1. The molecule has 0 fully saturated rings. The molecule has 0 aromatic carbocycles. The summed E-state index contributed by atoms with van der Waals surface area (Å²) < 4.78 is 6.61. The van der Waals surface area contributed by atoms with Gasteiger partial charge in [0, 0.05) is 32.5 Å². The highest BCUT2D eigenvalue weighted by Gasteiger charge is 1.94. The molecular formula is C10H15NO2. The van der Waals surface area contributed by atoms with Crippen LogP contribution in [-0.4, -0.2) is 18.3 Å². The van der Waals surface area contributed by atoms with E-state index in [9.17, 15) is 4.79 Å². The van der Waals surface area contributed by atoms with Crippen molar-refractivity contribution >= 4 is 0 Å². The maximum absolute atomic E-state index is 11.4. The van der Waals surface area contributed by atoms with E-state index in [1.165, 1.54) is 0 Å². The molecule has 1 heterocycles. The van der Waals surface area contributed by atoms with Crippen LogP contribution < -0.4 is 5.56 Å². The fourth-order valence-corrected chi connectivity index (χ4v) is 1.17. The third-order valence-corrected chi connectivity index (χ3v) is 1.90. The van der Waals surface area contributed by atoms with Gasteiger partial charge in [0.25, 0.3) is 5.56 Å².